The second-order valence-corrected chi connectivity index (χ2v) is 8.17. The maximum absolute atomic E-state index is 12.4. The van der Waals surface area contributed by atoms with Gasteiger partial charge in [-0.3, -0.25) is 4.79 Å². The number of hydrogen-bond donors (Lipinski definition) is 1. The van der Waals surface area contributed by atoms with Crippen LogP contribution in [0, 0.1) is 14.9 Å². The number of nitrogens with zero attached hydrogens (tertiary/aromatic N) is 1. The molecule has 0 fully saturated rings. The van der Waals surface area contributed by atoms with Crippen molar-refractivity contribution in [1.29, 1.82) is 5.26 Å². The lowest BCUT2D eigenvalue weighted by molar-refractivity contribution is -0.112. The molecule has 0 aliphatic rings. The molecule has 0 saturated carbocycles. The smallest absolute Gasteiger partial charge is 0.343 e. The zero-order valence-electron chi connectivity index (χ0n) is 15.7. The summed E-state index contributed by atoms with van der Waals surface area (Å²) >= 11 is 13.9. The van der Waals surface area contributed by atoms with Crippen molar-refractivity contribution in [3.05, 3.63) is 97.0 Å². The molecular weight excluding hydrogens is 550 g/mol. The van der Waals surface area contributed by atoms with Gasteiger partial charge >= 0.3 is 5.97 Å². The van der Waals surface area contributed by atoms with Crippen molar-refractivity contribution in [3.8, 4) is 11.8 Å². The fraction of sp³-hybridized carbons (Fsp3) is 0. The van der Waals surface area contributed by atoms with Crippen molar-refractivity contribution < 1.29 is 14.3 Å². The first-order valence-electron chi connectivity index (χ1n) is 8.82. The summed E-state index contributed by atoms with van der Waals surface area (Å²) in [5.41, 5.74) is 1.43. The molecule has 0 spiro atoms. The van der Waals surface area contributed by atoms with Crippen molar-refractivity contribution >= 4 is 69.4 Å². The van der Waals surface area contributed by atoms with E-state index >= 15 is 0 Å². The van der Waals surface area contributed by atoms with Crippen molar-refractivity contribution in [2.75, 3.05) is 5.32 Å². The molecule has 31 heavy (non-hydrogen) atoms. The Bertz CT molecular complexity index is 1220. The molecule has 5 nitrogen and oxygen atoms in total. The Morgan fingerprint density at radius 3 is 2.35 bits per heavy atom. The van der Waals surface area contributed by atoms with E-state index in [1.54, 1.807) is 36.4 Å². The minimum atomic E-state index is -0.587. The lowest BCUT2D eigenvalue weighted by Gasteiger charge is -2.07. The van der Waals surface area contributed by atoms with Crippen molar-refractivity contribution in [2.45, 2.75) is 0 Å². The summed E-state index contributed by atoms with van der Waals surface area (Å²) in [7, 11) is 0. The lowest BCUT2D eigenvalue weighted by Crippen LogP contribution is -2.14. The average Bonchev–Trinajstić information content (AvgIpc) is 2.76. The SMILES string of the molecule is N#C/C(=C/c1ccc(OC(=O)c2ccc(Cl)c(Cl)c2)cc1)C(=O)Nc1ccccc1I. The molecule has 1 N–H and O–H groups in total. The fourth-order valence-electron chi connectivity index (χ4n) is 2.49. The number of para-hydroxylation sites is 1. The van der Waals surface area contributed by atoms with Gasteiger partial charge in [0.25, 0.3) is 5.91 Å². The number of amides is 1. The van der Waals surface area contributed by atoms with E-state index in [1.807, 2.05) is 18.2 Å². The van der Waals surface area contributed by atoms with Gasteiger partial charge in [-0.15, -0.1) is 0 Å². The first-order valence-corrected chi connectivity index (χ1v) is 10.7. The Balaban J connectivity index is 1.70. The third-order valence-corrected chi connectivity index (χ3v) is 5.72. The van der Waals surface area contributed by atoms with E-state index in [-0.39, 0.29) is 16.2 Å². The Labute approximate surface area is 202 Å². The van der Waals surface area contributed by atoms with Gasteiger partial charge in [-0.1, -0.05) is 47.5 Å². The maximum Gasteiger partial charge on any atom is 0.343 e. The van der Waals surface area contributed by atoms with Crippen molar-refractivity contribution in [3.63, 3.8) is 0 Å². The number of nitriles is 1. The number of ether oxygens (including phenoxy) is 1. The molecule has 0 unspecified atom stereocenters. The van der Waals surface area contributed by atoms with Crippen LogP contribution in [0.1, 0.15) is 15.9 Å². The lowest BCUT2D eigenvalue weighted by atomic mass is 10.1. The predicted molar refractivity (Wildman–Crippen MR) is 129 cm³/mol. The number of carbonyl (C=O) groups excluding carboxylic acids is 2. The summed E-state index contributed by atoms with van der Waals surface area (Å²) in [6.07, 6.45) is 1.45. The van der Waals surface area contributed by atoms with E-state index in [1.165, 1.54) is 24.3 Å². The highest BCUT2D eigenvalue weighted by molar-refractivity contribution is 14.1. The molecule has 3 aromatic rings. The molecule has 0 aliphatic carbocycles. The topological polar surface area (TPSA) is 79.2 Å². The molecule has 0 aromatic heterocycles. The maximum atomic E-state index is 12.4. The number of hydrogen-bond acceptors (Lipinski definition) is 4. The van der Waals surface area contributed by atoms with Crippen LogP contribution in [0.4, 0.5) is 5.69 Å². The second-order valence-electron chi connectivity index (χ2n) is 6.19. The highest BCUT2D eigenvalue weighted by Gasteiger charge is 2.12. The summed E-state index contributed by atoms with van der Waals surface area (Å²) in [4.78, 5) is 24.7. The van der Waals surface area contributed by atoms with Crippen LogP contribution >= 0.6 is 45.8 Å². The molecule has 154 valence electrons. The van der Waals surface area contributed by atoms with Crippen molar-refractivity contribution in [2.24, 2.45) is 0 Å². The Morgan fingerprint density at radius 2 is 1.71 bits per heavy atom. The summed E-state index contributed by atoms with van der Waals surface area (Å²) in [5, 5.41) is 12.7. The second kappa shape index (κ2) is 10.4. The molecule has 0 heterocycles. The van der Waals surface area contributed by atoms with Gasteiger partial charge in [-0.05, 0) is 76.7 Å². The molecule has 0 aliphatic heterocycles. The number of benzene rings is 3. The standard InChI is InChI=1S/C23H13Cl2IN2O3/c24-18-10-7-15(12-19(18)25)23(30)31-17-8-5-14(6-9-17)11-16(13-27)22(29)28-21-4-2-1-3-20(21)26/h1-12H,(H,28,29)/b16-11-. The first-order chi connectivity index (χ1) is 14.9. The Kier molecular flexibility index (Phi) is 7.69. The van der Waals surface area contributed by atoms with Crippen LogP contribution < -0.4 is 10.1 Å². The van der Waals surface area contributed by atoms with E-state index in [2.05, 4.69) is 27.9 Å². The molecule has 0 bridgehead atoms. The summed E-state index contributed by atoms with van der Waals surface area (Å²) in [6, 6.07) is 20.0. The summed E-state index contributed by atoms with van der Waals surface area (Å²) < 4.78 is 6.17. The Hall–Kier alpha value is -2.86. The molecule has 8 heteroatoms. The van der Waals surface area contributed by atoms with E-state index in [0.717, 1.165) is 3.57 Å². The normalized spacial score (nSPS) is 10.8. The largest absolute Gasteiger partial charge is 0.423 e. The number of carbonyl (C=O) groups is 2. The summed E-state index contributed by atoms with van der Waals surface area (Å²) in [5.74, 6) is -0.798. The number of esters is 1. The molecule has 0 radical (unpaired) electrons. The van der Waals surface area contributed by atoms with Crippen LogP contribution in [0.2, 0.25) is 10.0 Å². The van der Waals surface area contributed by atoms with Gasteiger partial charge in [0.1, 0.15) is 17.4 Å². The molecule has 1 amide bonds. The van der Waals surface area contributed by atoms with Crippen LogP contribution in [-0.2, 0) is 4.79 Å². The number of rotatable bonds is 5. The number of anilines is 1. The zero-order valence-corrected chi connectivity index (χ0v) is 19.4. The Morgan fingerprint density at radius 1 is 1.00 bits per heavy atom. The molecule has 0 saturated heterocycles. The van der Waals surface area contributed by atoms with Gasteiger partial charge in [0.15, 0.2) is 0 Å². The number of nitrogens with one attached hydrogen (secondary N) is 1. The quantitative estimate of drug-likeness (QED) is 0.129. The highest BCUT2D eigenvalue weighted by Crippen LogP contribution is 2.24. The highest BCUT2D eigenvalue weighted by atomic mass is 127. The van der Waals surface area contributed by atoms with Gasteiger partial charge in [-0.2, -0.15) is 5.26 Å². The third kappa shape index (κ3) is 6.07. The minimum absolute atomic E-state index is 0.0554. The summed E-state index contributed by atoms with van der Waals surface area (Å²) in [6.45, 7) is 0. The van der Waals surface area contributed by atoms with Gasteiger partial charge in [0, 0.05) is 3.57 Å². The van der Waals surface area contributed by atoms with Gasteiger partial charge in [0.2, 0.25) is 0 Å². The van der Waals surface area contributed by atoms with Crippen LogP contribution in [-0.4, -0.2) is 11.9 Å². The van der Waals surface area contributed by atoms with E-state index in [9.17, 15) is 14.9 Å². The first kappa shape index (κ1) is 22.8. The zero-order chi connectivity index (χ0) is 22.4. The van der Waals surface area contributed by atoms with Crippen molar-refractivity contribution in [1.82, 2.24) is 0 Å². The van der Waals surface area contributed by atoms with Crippen LogP contribution in [0.5, 0.6) is 5.75 Å². The van der Waals surface area contributed by atoms with Crippen LogP contribution in [0.3, 0.4) is 0 Å². The monoisotopic (exact) mass is 562 g/mol. The van der Waals surface area contributed by atoms with E-state index < -0.39 is 11.9 Å². The third-order valence-electron chi connectivity index (χ3n) is 4.04. The van der Waals surface area contributed by atoms with Crippen LogP contribution in [0.25, 0.3) is 6.08 Å². The van der Waals surface area contributed by atoms with Gasteiger partial charge in [0.05, 0.1) is 21.3 Å². The number of halogens is 3. The molecular formula is C23H13Cl2IN2O3. The van der Waals surface area contributed by atoms with Gasteiger partial charge < -0.3 is 10.1 Å². The van der Waals surface area contributed by atoms with E-state index in [0.29, 0.717) is 22.0 Å². The fourth-order valence-corrected chi connectivity index (χ4v) is 3.31. The average molecular weight is 563 g/mol. The van der Waals surface area contributed by atoms with Gasteiger partial charge in [-0.25, -0.2) is 4.79 Å². The van der Waals surface area contributed by atoms with E-state index in [4.69, 9.17) is 27.9 Å². The molecule has 0 atom stereocenters. The molecule has 3 rings (SSSR count). The van der Waals surface area contributed by atoms with Crippen LogP contribution in [0.15, 0.2) is 72.3 Å². The molecule has 3 aromatic carbocycles. The predicted octanol–water partition coefficient (Wildman–Crippen LogP) is 6.36. The minimum Gasteiger partial charge on any atom is -0.423 e.